The molecule has 21 heavy (non-hydrogen) atoms. The third kappa shape index (κ3) is 3.85. The fourth-order valence-corrected chi connectivity index (χ4v) is 2.70. The van der Waals surface area contributed by atoms with Crippen molar-refractivity contribution in [3.63, 3.8) is 0 Å². The van der Waals surface area contributed by atoms with E-state index in [-0.39, 0.29) is 11.7 Å². The highest BCUT2D eigenvalue weighted by Crippen LogP contribution is 2.30. The van der Waals surface area contributed by atoms with E-state index in [1.807, 2.05) is 0 Å². The van der Waals surface area contributed by atoms with Crippen LogP contribution in [0, 0.1) is 0 Å². The van der Waals surface area contributed by atoms with Gasteiger partial charge in [-0.1, -0.05) is 6.07 Å². The van der Waals surface area contributed by atoms with Gasteiger partial charge in [-0.15, -0.1) is 4.40 Å². The monoisotopic (exact) mass is 312 g/mol. The summed E-state index contributed by atoms with van der Waals surface area (Å²) in [4.78, 5) is 10.7. The van der Waals surface area contributed by atoms with Gasteiger partial charge >= 0.3 is 10.2 Å². The minimum absolute atomic E-state index is 0.0992. The number of nitrogens with one attached hydrogen (secondary N) is 2. The molecule has 0 aliphatic carbocycles. The van der Waals surface area contributed by atoms with Crippen LogP contribution in [-0.2, 0) is 15.0 Å². The Morgan fingerprint density at radius 3 is 2.95 bits per heavy atom. The van der Waals surface area contributed by atoms with Crippen LogP contribution in [-0.4, -0.2) is 33.3 Å². The predicted octanol–water partition coefficient (Wildman–Crippen LogP) is -0.0328. The number of anilines is 1. The van der Waals surface area contributed by atoms with Crippen molar-refractivity contribution in [2.75, 3.05) is 17.9 Å². The molecule has 0 radical (unpaired) electrons. The van der Waals surface area contributed by atoms with Crippen molar-refractivity contribution in [2.45, 2.75) is 13.3 Å². The molecule has 2 rings (SSSR count). The molecule has 0 unspecified atom stereocenters. The zero-order chi connectivity index (χ0) is 15.5. The Labute approximate surface area is 122 Å². The van der Waals surface area contributed by atoms with E-state index in [4.69, 9.17) is 10.5 Å². The Kier molecular flexibility index (Phi) is 4.32. The smallest absolute Gasteiger partial charge is 0.344 e. The molecule has 0 saturated heterocycles. The maximum Gasteiger partial charge on any atom is 0.344 e. The van der Waals surface area contributed by atoms with Crippen molar-refractivity contribution in [1.82, 2.24) is 5.32 Å². The molecule has 1 aliphatic heterocycles. The van der Waals surface area contributed by atoms with Gasteiger partial charge in [-0.3, -0.25) is 9.52 Å². The zero-order valence-electron chi connectivity index (χ0n) is 11.4. The number of nitrogens with two attached hydrogens (primary N) is 1. The molecule has 1 aliphatic rings. The molecule has 0 fully saturated rings. The van der Waals surface area contributed by atoms with E-state index in [1.165, 1.54) is 6.92 Å². The second-order valence-corrected chi connectivity index (χ2v) is 5.75. The summed E-state index contributed by atoms with van der Waals surface area (Å²) in [5.74, 6) is 0.234. The zero-order valence-corrected chi connectivity index (χ0v) is 12.2. The van der Waals surface area contributed by atoms with Crippen molar-refractivity contribution in [3.05, 3.63) is 23.8 Å². The lowest BCUT2D eigenvalue weighted by molar-refractivity contribution is -0.118. The van der Waals surface area contributed by atoms with E-state index < -0.39 is 10.2 Å². The maximum absolute atomic E-state index is 11.4. The van der Waals surface area contributed by atoms with E-state index in [0.29, 0.717) is 36.6 Å². The molecule has 0 atom stereocenters. The first-order chi connectivity index (χ1) is 9.89. The summed E-state index contributed by atoms with van der Waals surface area (Å²) < 4.78 is 34.1. The molecule has 1 amide bonds. The second kappa shape index (κ2) is 6.00. The summed E-state index contributed by atoms with van der Waals surface area (Å²) in [6.07, 6.45) is 0.617. The highest BCUT2D eigenvalue weighted by molar-refractivity contribution is 7.91. The lowest BCUT2D eigenvalue weighted by Gasteiger charge is -2.19. The van der Waals surface area contributed by atoms with Crippen LogP contribution in [0.5, 0.6) is 5.75 Å². The van der Waals surface area contributed by atoms with Crippen LogP contribution in [0.4, 0.5) is 5.69 Å². The van der Waals surface area contributed by atoms with Crippen LogP contribution in [0.3, 0.4) is 0 Å². The van der Waals surface area contributed by atoms with Gasteiger partial charge < -0.3 is 15.8 Å². The van der Waals surface area contributed by atoms with Crippen LogP contribution in [0.2, 0.25) is 0 Å². The number of fused-ring (bicyclic) bond motifs is 1. The van der Waals surface area contributed by atoms with E-state index in [0.717, 1.165) is 0 Å². The molecule has 1 aromatic carbocycles. The van der Waals surface area contributed by atoms with Gasteiger partial charge in [-0.25, -0.2) is 0 Å². The fraction of sp³-hybridized carbons (Fsp3) is 0.333. The van der Waals surface area contributed by atoms with E-state index in [2.05, 4.69) is 14.4 Å². The van der Waals surface area contributed by atoms with Crippen LogP contribution >= 0.6 is 0 Å². The normalized spacial score (nSPS) is 15.4. The topological polar surface area (TPSA) is 123 Å². The first-order valence-corrected chi connectivity index (χ1v) is 7.72. The number of carbonyl (C=O) groups is 1. The number of benzene rings is 1. The summed E-state index contributed by atoms with van der Waals surface area (Å²) in [6.45, 7) is 2.30. The van der Waals surface area contributed by atoms with Crippen LogP contribution in [0.1, 0.15) is 18.9 Å². The number of amidine groups is 1. The average Bonchev–Trinajstić information content (AvgIpc) is 2.36. The van der Waals surface area contributed by atoms with Gasteiger partial charge in [0.1, 0.15) is 5.75 Å². The summed E-state index contributed by atoms with van der Waals surface area (Å²) in [6, 6.07) is 4.92. The molecule has 0 saturated carbocycles. The molecule has 9 heteroatoms. The van der Waals surface area contributed by atoms with Gasteiger partial charge in [-0.05, 0) is 18.6 Å². The quantitative estimate of drug-likeness (QED) is 0.659. The molecule has 1 aromatic rings. The van der Waals surface area contributed by atoms with Crippen molar-refractivity contribution in [3.8, 4) is 5.75 Å². The van der Waals surface area contributed by atoms with Gasteiger partial charge in [0.05, 0.1) is 17.9 Å². The molecule has 4 N–H and O–H groups in total. The van der Waals surface area contributed by atoms with Gasteiger partial charge in [0.2, 0.25) is 5.91 Å². The lowest BCUT2D eigenvalue weighted by atomic mass is 10.1. The summed E-state index contributed by atoms with van der Waals surface area (Å²) in [7, 11) is -3.79. The van der Waals surface area contributed by atoms with Gasteiger partial charge in [0.25, 0.3) is 0 Å². The number of amides is 1. The number of ether oxygens (including phenoxy) is 1. The summed E-state index contributed by atoms with van der Waals surface area (Å²) in [5.41, 5.74) is 6.44. The predicted molar refractivity (Wildman–Crippen MR) is 78.5 cm³/mol. The van der Waals surface area contributed by atoms with Crippen molar-refractivity contribution in [1.29, 1.82) is 0 Å². The molecule has 1 heterocycles. The van der Waals surface area contributed by atoms with Crippen LogP contribution in [0.15, 0.2) is 22.6 Å². The number of hydrogen-bond acceptors (Lipinski definition) is 5. The third-order valence-corrected chi connectivity index (χ3v) is 3.61. The van der Waals surface area contributed by atoms with E-state index in [9.17, 15) is 13.2 Å². The van der Waals surface area contributed by atoms with E-state index in [1.54, 1.807) is 18.2 Å². The SMILES string of the molecule is CC(=O)NCCCOc1cccc2c1C(N)=NS(=O)(=O)N2. The highest BCUT2D eigenvalue weighted by atomic mass is 32.2. The first kappa shape index (κ1) is 15.1. The molecule has 8 nitrogen and oxygen atoms in total. The Hall–Kier alpha value is -2.29. The number of nitrogens with zero attached hydrogens (tertiary/aromatic N) is 1. The van der Waals surface area contributed by atoms with Gasteiger partial charge in [0.15, 0.2) is 5.84 Å². The Morgan fingerprint density at radius 1 is 1.48 bits per heavy atom. The Bertz CT molecular complexity index is 684. The van der Waals surface area contributed by atoms with Crippen LogP contribution < -0.4 is 20.5 Å². The molecule has 0 bridgehead atoms. The van der Waals surface area contributed by atoms with Crippen LogP contribution in [0.25, 0.3) is 0 Å². The molecule has 0 spiro atoms. The number of hydrogen-bond donors (Lipinski definition) is 3. The third-order valence-electron chi connectivity index (χ3n) is 2.69. The van der Waals surface area contributed by atoms with Crippen molar-refractivity contribution in [2.24, 2.45) is 10.1 Å². The van der Waals surface area contributed by atoms with Crippen molar-refractivity contribution < 1.29 is 17.9 Å². The van der Waals surface area contributed by atoms with Crippen molar-refractivity contribution >= 4 is 27.6 Å². The molecular formula is C12H16N4O4S. The summed E-state index contributed by atoms with van der Waals surface area (Å²) in [5, 5.41) is 2.65. The number of rotatable bonds is 5. The molecule has 0 aromatic heterocycles. The second-order valence-electron chi connectivity index (χ2n) is 4.42. The minimum atomic E-state index is -3.79. The maximum atomic E-state index is 11.4. The molecule has 114 valence electrons. The standard InChI is InChI=1S/C12H16N4O4S/c1-8(17)14-6-3-7-20-10-5-2-4-9-11(10)12(13)16-21(18,19)15-9/h2,4-5,15H,3,6-7H2,1H3,(H2,13,16)(H,14,17). The van der Waals surface area contributed by atoms with Gasteiger partial charge in [0, 0.05) is 13.5 Å². The summed E-state index contributed by atoms with van der Waals surface area (Å²) >= 11 is 0. The first-order valence-electron chi connectivity index (χ1n) is 6.28. The van der Waals surface area contributed by atoms with Gasteiger partial charge in [-0.2, -0.15) is 8.42 Å². The van der Waals surface area contributed by atoms with E-state index >= 15 is 0 Å². The molecular weight excluding hydrogens is 296 g/mol. The fourth-order valence-electron chi connectivity index (χ4n) is 1.86. The minimum Gasteiger partial charge on any atom is -0.493 e. The highest BCUT2D eigenvalue weighted by Gasteiger charge is 2.24. The Morgan fingerprint density at radius 2 is 2.24 bits per heavy atom. The average molecular weight is 312 g/mol. The largest absolute Gasteiger partial charge is 0.493 e. The Balaban J connectivity index is 2.08. The number of carbonyl (C=O) groups excluding carboxylic acids is 1. The lowest BCUT2D eigenvalue weighted by Crippen LogP contribution is -2.27.